The Bertz CT molecular complexity index is 882. The molecular weight excluding hydrogens is 312 g/mol. The normalized spacial score (nSPS) is 17.7. The minimum atomic E-state index is -0.0236. The smallest absolute Gasteiger partial charge is 0.241 e. The number of amides is 1. The molecule has 0 saturated carbocycles. The average molecular weight is 334 g/mol. The molecule has 0 spiro atoms. The highest BCUT2D eigenvalue weighted by Crippen LogP contribution is 2.31. The van der Waals surface area contributed by atoms with Crippen LogP contribution in [-0.2, 0) is 11.2 Å². The van der Waals surface area contributed by atoms with Gasteiger partial charge >= 0.3 is 0 Å². The molecule has 4 nitrogen and oxygen atoms in total. The molecule has 2 unspecified atom stereocenters. The zero-order valence-corrected chi connectivity index (χ0v) is 14.5. The average Bonchev–Trinajstić information content (AvgIpc) is 3.19. The van der Waals surface area contributed by atoms with Crippen LogP contribution in [0.1, 0.15) is 31.2 Å². The molecule has 2 aromatic carbocycles. The van der Waals surface area contributed by atoms with Crippen LogP contribution in [0, 0.1) is 0 Å². The summed E-state index contributed by atoms with van der Waals surface area (Å²) in [4.78, 5) is 14.7. The second kappa shape index (κ2) is 6.37. The van der Waals surface area contributed by atoms with Gasteiger partial charge in [0, 0.05) is 17.1 Å². The Morgan fingerprint density at radius 3 is 2.84 bits per heavy atom. The van der Waals surface area contributed by atoms with E-state index in [0.717, 1.165) is 28.8 Å². The molecule has 128 valence electrons. The number of hydrogen-bond donors (Lipinski definition) is 1. The van der Waals surface area contributed by atoms with Crippen molar-refractivity contribution in [2.45, 2.75) is 32.4 Å². The Balaban J connectivity index is 1.45. The highest BCUT2D eigenvalue weighted by molar-refractivity contribution is 5.97. The molecule has 0 saturated heterocycles. The van der Waals surface area contributed by atoms with Crippen molar-refractivity contribution in [2.75, 3.05) is 11.4 Å². The number of hydrogen-bond acceptors (Lipinski definition) is 3. The van der Waals surface area contributed by atoms with Gasteiger partial charge < -0.3 is 9.32 Å². The first-order chi connectivity index (χ1) is 12.1. The lowest BCUT2D eigenvalue weighted by molar-refractivity contribution is -0.118. The topological polar surface area (TPSA) is 45.5 Å². The summed E-state index contributed by atoms with van der Waals surface area (Å²) in [5, 5.41) is 4.39. The van der Waals surface area contributed by atoms with Crippen molar-refractivity contribution >= 4 is 22.6 Å². The van der Waals surface area contributed by atoms with Gasteiger partial charge in [-0.15, -0.1) is 0 Å². The van der Waals surface area contributed by atoms with Gasteiger partial charge in [-0.25, -0.2) is 0 Å². The molecule has 0 bridgehead atoms. The maximum absolute atomic E-state index is 12.8. The number of nitrogens with one attached hydrogen (secondary N) is 1. The van der Waals surface area contributed by atoms with E-state index in [4.69, 9.17) is 4.42 Å². The molecule has 0 aliphatic carbocycles. The van der Waals surface area contributed by atoms with Crippen LogP contribution in [0.3, 0.4) is 0 Å². The molecular formula is C21H22N2O2. The molecule has 3 aromatic rings. The molecule has 25 heavy (non-hydrogen) atoms. The molecule has 4 heteroatoms. The van der Waals surface area contributed by atoms with Crippen LogP contribution in [0.5, 0.6) is 0 Å². The zero-order chi connectivity index (χ0) is 17.4. The minimum Gasteiger partial charge on any atom is -0.459 e. The van der Waals surface area contributed by atoms with E-state index in [1.54, 1.807) is 0 Å². The van der Waals surface area contributed by atoms with Crippen LogP contribution >= 0.6 is 0 Å². The van der Waals surface area contributed by atoms with Crippen molar-refractivity contribution in [1.82, 2.24) is 5.32 Å². The second-order valence-electron chi connectivity index (χ2n) is 6.73. The third-order valence-electron chi connectivity index (χ3n) is 4.91. The molecule has 1 amide bonds. The van der Waals surface area contributed by atoms with E-state index in [0.29, 0.717) is 0 Å². The summed E-state index contributed by atoms with van der Waals surface area (Å²) >= 11 is 0. The van der Waals surface area contributed by atoms with Crippen LogP contribution in [0.4, 0.5) is 5.69 Å². The van der Waals surface area contributed by atoms with Crippen LogP contribution in [0.25, 0.3) is 11.0 Å². The van der Waals surface area contributed by atoms with Gasteiger partial charge in [0.05, 0.1) is 12.6 Å². The van der Waals surface area contributed by atoms with E-state index in [9.17, 15) is 4.79 Å². The number of fused-ring (bicyclic) bond motifs is 2. The molecule has 2 heterocycles. The van der Waals surface area contributed by atoms with Crippen molar-refractivity contribution in [3.8, 4) is 0 Å². The summed E-state index contributed by atoms with van der Waals surface area (Å²) in [7, 11) is 0. The van der Waals surface area contributed by atoms with Gasteiger partial charge in [0.15, 0.2) is 0 Å². The summed E-state index contributed by atoms with van der Waals surface area (Å²) in [6.07, 6.45) is 0.918. The highest BCUT2D eigenvalue weighted by atomic mass is 16.3. The van der Waals surface area contributed by atoms with Crippen LogP contribution in [-0.4, -0.2) is 18.5 Å². The molecule has 4 rings (SSSR count). The van der Waals surface area contributed by atoms with E-state index >= 15 is 0 Å². The first-order valence-electron chi connectivity index (χ1n) is 8.75. The maximum Gasteiger partial charge on any atom is 0.241 e. The predicted molar refractivity (Wildman–Crippen MR) is 99.7 cm³/mol. The van der Waals surface area contributed by atoms with Crippen molar-refractivity contribution < 1.29 is 9.21 Å². The fourth-order valence-corrected chi connectivity index (χ4v) is 3.59. The number of carbonyl (C=O) groups excluding carboxylic acids is 1. The quantitative estimate of drug-likeness (QED) is 0.782. The third-order valence-corrected chi connectivity index (χ3v) is 4.91. The summed E-state index contributed by atoms with van der Waals surface area (Å²) in [6, 6.07) is 18.3. The first-order valence-corrected chi connectivity index (χ1v) is 8.75. The molecule has 2 atom stereocenters. The van der Waals surface area contributed by atoms with Gasteiger partial charge in [0.1, 0.15) is 11.3 Å². The van der Waals surface area contributed by atoms with Gasteiger partial charge in [-0.05, 0) is 44.0 Å². The van der Waals surface area contributed by atoms with Crippen LogP contribution in [0.15, 0.2) is 59.0 Å². The Morgan fingerprint density at radius 1 is 1.24 bits per heavy atom. The Labute approximate surface area is 147 Å². The molecule has 1 aromatic heterocycles. The predicted octanol–water partition coefficient (Wildman–Crippen LogP) is 4.06. The third kappa shape index (κ3) is 2.94. The number of anilines is 1. The molecule has 0 fully saturated rings. The lowest BCUT2D eigenvalue weighted by Crippen LogP contribution is -2.42. The fourth-order valence-electron chi connectivity index (χ4n) is 3.59. The van der Waals surface area contributed by atoms with Crippen molar-refractivity contribution in [3.63, 3.8) is 0 Å². The van der Waals surface area contributed by atoms with Gasteiger partial charge in [-0.2, -0.15) is 0 Å². The monoisotopic (exact) mass is 334 g/mol. The Morgan fingerprint density at radius 2 is 2.00 bits per heavy atom. The van der Waals surface area contributed by atoms with Gasteiger partial charge in [0.2, 0.25) is 5.91 Å². The fraction of sp³-hybridized carbons (Fsp3) is 0.286. The molecule has 1 aliphatic rings. The summed E-state index contributed by atoms with van der Waals surface area (Å²) < 4.78 is 5.88. The summed E-state index contributed by atoms with van der Waals surface area (Å²) in [6.45, 7) is 4.41. The molecule has 1 N–H and O–H groups in total. The standard InChI is InChI=1S/C21H22N2O2/c1-14-11-16-7-3-5-9-18(16)23(14)21(24)13-22-15(2)20-12-17-8-4-6-10-19(17)25-20/h3-10,12,14-15,22H,11,13H2,1-2H3. The van der Waals surface area contributed by atoms with Gasteiger partial charge in [-0.3, -0.25) is 10.1 Å². The minimum absolute atomic E-state index is 0.0236. The van der Waals surface area contributed by atoms with Crippen molar-refractivity contribution in [1.29, 1.82) is 0 Å². The number of benzene rings is 2. The van der Waals surface area contributed by atoms with E-state index in [-0.39, 0.29) is 24.5 Å². The number of rotatable bonds is 4. The van der Waals surface area contributed by atoms with Crippen LogP contribution in [0.2, 0.25) is 0 Å². The molecule has 0 radical (unpaired) electrons. The Hall–Kier alpha value is -2.59. The van der Waals surface area contributed by atoms with Gasteiger partial charge in [0.25, 0.3) is 0 Å². The van der Waals surface area contributed by atoms with Crippen molar-refractivity contribution in [3.05, 3.63) is 65.9 Å². The maximum atomic E-state index is 12.8. The van der Waals surface area contributed by atoms with Gasteiger partial charge in [-0.1, -0.05) is 36.4 Å². The molecule has 1 aliphatic heterocycles. The zero-order valence-electron chi connectivity index (χ0n) is 14.5. The summed E-state index contributed by atoms with van der Waals surface area (Å²) in [5.74, 6) is 0.948. The van der Waals surface area contributed by atoms with Crippen LogP contribution < -0.4 is 10.2 Å². The van der Waals surface area contributed by atoms with E-state index in [2.05, 4.69) is 18.3 Å². The van der Waals surface area contributed by atoms with E-state index in [1.165, 1.54) is 5.56 Å². The van der Waals surface area contributed by atoms with E-state index in [1.807, 2.05) is 60.4 Å². The lowest BCUT2D eigenvalue weighted by Gasteiger charge is -2.23. The first kappa shape index (κ1) is 15.9. The Kier molecular flexibility index (Phi) is 4.06. The van der Waals surface area contributed by atoms with E-state index < -0.39 is 0 Å². The second-order valence-corrected chi connectivity index (χ2v) is 6.73. The lowest BCUT2D eigenvalue weighted by atomic mass is 10.1. The van der Waals surface area contributed by atoms with Crippen molar-refractivity contribution in [2.24, 2.45) is 0 Å². The highest BCUT2D eigenvalue weighted by Gasteiger charge is 2.30. The number of carbonyl (C=O) groups is 1. The largest absolute Gasteiger partial charge is 0.459 e. The summed E-state index contributed by atoms with van der Waals surface area (Å²) in [5.41, 5.74) is 3.16. The number of nitrogens with zero attached hydrogens (tertiary/aromatic N) is 1. The SMILES string of the molecule is CC(NCC(=O)N1c2ccccc2CC1C)c1cc2ccccc2o1. The number of furan rings is 1. The number of para-hydroxylation sites is 2.